The first-order valence-corrected chi connectivity index (χ1v) is 14.2. The van der Waals surface area contributed by atoms with E-state index < -0.39 is 9.84 Å². The van der Waals surface area contributed by atoms with Gasteiger partial charge in [-0.15, -0.1) is 10.2 Å². The van der Waals surface area contributed by atoms with Gasteiger partial charge in [0.25, 0.3) is 0 Å². The highest BCUT2D eigenvalue weighted by atomic mass is 32.2. The van der Waals surface area contributed by atoms with E-state index in [-0.39, 0.29) is 29.2 Å². The molecular weight excluding hydrogens is 470 g/mol. The third-order valence-corrected chi connectivity index (χ3v) is 8.88. The highest BCUT2D eigenvalue weighted by molar-refractivity contribution is 7.99. The molecule has 1 atom stereocenters. The Labute approximate surface area is 204 Å². The molecule has 2 aromatic heterocycles. The Hall–Kier alpha value is -2.72. The Morgan fingerprint density at radius 1 is 1.15 bits per heavy atom. The van der Waals surface area contributed by atoms with Gasteiger partial charge in [-0.1, -0.05) is 43.8 Å². The van der Waals surface area contributed by atoms with Crippen molar-refractivity contribution < 1.29 is 13.2 Å². The van der Waals surface area contributed by atoms with Crippen LogP contribution >= 0.6 is 11.8 Å². The van der Waals surface area contributed by atoms with E-state index in [9.17, 15) is 13.2 Å². The number of nitrogens with zero attached hydrogens (tertiary/aromatic N) is 5. The van der Waals surface area contributed by atoms with Crippen LogP contribution in [0.1, 0.15) is 31.4 Å². The zero-order valence-corrected chi connectivity index (χ0v) is 21.3. The van der Waals surface area contributed by atoms with Crippen LogP contribution in [0.25, 0.3) is 17.1 Å². The highest BCUT2D eigenvalue weighted by Crippen LogP contribution is 2.32. The molecule has 4 rings (SSSR count). The van der Waals surface area contributed by atoms with Gasteiger partial charge >= 0.3 is 0 Å². The molecule has 0 saturated carbocycles. The molecule has 180 valence electrons. The summed E-state index contributed by atoms with van der Waals surface area (Å²) < 4.78 is 25.7. The first-order valence-electron chi connectivity index (χ1n) is 11.4. The number of hydrogen-bond donors (Lipinski definition) is 0. The smallest absolute Gasteiger partial charge is 0.233 e. The normalized spacial score (nSPS) is 17.1. The maximum Gasteiger partial charge on any atom is 0.233 e. The summed E-state index contributed by atoms with van der Waals surface area (Å²) in [5.74, 6) is 0.871. The molecule has 34 heavy (non-hydrogen) atoms. The van der Waals surface area contributed by atoms with E-state index in [0.717, 1.165) is 24.1 Å². The molecule has 3 heterocycles. The second-order valence-electron chi connectivity index (χ2n) is 8.37. The second kappa shape index (κ2) is 10.3. The summed E-state index contributed by atoms with van der Waals surface area (Å²) in [6, 6.07) is 9.82. The van der Waals surface area contributed by atoms with Crippen LogP contribution in [0, 0.1) is 0 Å². The summed E-state index contributed by atoms with van der Waals surface area (Å²) in [5.41, 5.74) is 4.23. The fourth-order valence-corrected chi connectivity index (χ4v) is 6.90. The van der Waals surface area contributed by atoms with Gasteiger partial charge in [-0.25, -0.2) is 8.42 Å². The van der Waals surface area contributed by atoms with Crippen LogP contribution in [0.15, 0.2) is 47.9 Å². The molecule has 0 unspecified atom stereocenters. The van der Waals surface area contributed by atoms with Crippen LogP contribution in [0.4, 0.5) is 0 Å². The van der Waals surface area contributed by atoms with E-state index in [1.165, 1.54) is 22.9 Å². The van der Waals surface area contributed by atoms with Gasteiger partial charge in [0.15, 0.2) is 20.8 Å². The first-order chi connectivity index (χ1) is 16.3. The van der Waals surface area contributed by atoms with E-state index in [2.05, 4.69) is 47.2 Å². The molecule has 1 aromatic carbocycles. The largest absolute Gasteiger partial charge is 0.341 e. The van der Waals surface area contributed by atoms with Crippen molar-refractivity contribution in [2.75, 3.05) is 24.3 Å². The third kappa shape index (κ3) is 5.02. The van der Waals surface area contributed by atoms with Gasteiger partial charge < -0.3 is 4.90 Å². The van der Waals surface area contributed by atoms with Crippen molar-refractivity contribution in [3.05, 3.63) is 53.9 Å². The Morgan fingerprint density at radius 2 is 1.88 bits per heavy atom. The fraction of sp³-hybridized carbons (Fsp3) is 0.417. The minimum Gasteiger partial charge on any atom is -0.341 e. The molecular formula is C24H29N5O3S2. The molecule has 1 fully saturated rings. The minimum atomic E-state index is -3.06. The number of benzene rings is 1. The van der Waals surface area contributed by atoms with Crippen LogP contribution in [-0.2, 0) is 27.5 Å². The maximum absolute atomic E-state index is 12.9. The second-order valence-corrected chi connectivity index (χ2v) is 11.5. The first kappa shape index (κ1) is 24.4. The molecule has 1 aliphatic rings. The van der Waals surface area contributed by atoms with E-state index in [1.807, 2.05) is 16.7 Å². The Morgan fingerprint density at radius 3 is 2.47 bits per heavy atom. The summed E-state index contributed by atoms with van der Waals surface area (Å²) in [7, 11) is -1.38. The standard InChI is InChI=1S/C24H29N5O3S2/c1-4-17-8-6-9-18(5-2)22(17)29-23(19-10-7-12-25-14-19)26-27-24(29)33-15-21(30)28(3)20-11-13-34(31,32)16-20/h6-10,12,14,20H,4-5,11,13,15-16H2,1-3H3/t20-/m1/s1. The number of rotatable bonds is 8. The van der Waals surface area contributed by atoms with Gasteiger partial charge in [0.2, 0.25) is 5.91 Å². The van der Waals surface area contributed by atoms with Crippen molar-refractivity contribution in [3.8, 4) is 17.1 Å². The van der Waals surface area contributed by atoms with E-state index in [1.54, 1.807) is 24.3 Å². The molecule has 8 nitrogen and oxygen atoms in total. The van der Waals surface area contributed by atoms with Crippen molar-refractivity contribution >= 4 is 27.5 Å². The SMILES string of the molecule is CCc1cccc(CC)c1-n1c(SCC(=O)N(C)[C@@H]2CCS(=O)(=O)C2)nnc1-c1cccnc1. The number of hydrogen-bond acceptors (Lipinski definition) is 7. The van der Waals surface area contributed by atoms with Crippen molar-refractivity contribution in [2.24, 2.45) is 0 Å². The number of para-hydroxylation sites is 1. The average Bonchev–Trinajstić information content (AvgIpc) is 3.44. The number of pyridine rings is 1. The van der Waals surface area contributed by atoms with Crippen LogP contribution in [0.5, 0.6) is 0 Å². The van der Waals surface area contributed by atoms with E-state index >= 15 is 0 Å². The van der Waals surface area contributed by atoms with Gasteiger partial charge in [-0.05, 0) is 42.5 Å². The van der Waals surface area contributed by atoms with E-state index in [4.69, 9.17) is 0 Å². The molecule has 0 spiro atoms. The lowest BCUT2D eigenvalue weighted by Gasteiger charge is -2.23. The Kier molecular flexibility index (Phi) is 7.37. The lowest BCUT2D eigenvalue weighted by Crippen LogP contribution is -2.38. The molecule has 1 amide bonds. The van der Waals surface area contributed by atoms with Crippen LogP contribution in [0.3, 0.4) is 0 Å². The highest BCUT2D eigenvalue weighted by Gasteiger charge is 2.33. The molecule has 0 aliphatic carbocycles. The number of sulfone groups is 1. The van der Waals surface area contributed by atoms with Gasteiger partial charge in [0.05, 0.1) is 22.9 Å². The topological polar surface area (TPSA) is 98.1 Å². The van der Waals surface area contributed by atoms with Gasteiger partial charge in [-0.3, -0.25) is 14.3 Å². The summed E-state index contributed by atoms with van der Waals surface area (Å²) in [4.78, 5) is 18.7. The number of carbonyl (C=O) groups is 1. The van der Waals surface area contributed by atoms with Crippen molar-refractivity contribution in [3.63, 3.8) is 0 Å². The average molecular weight is 500 g/mol. The quantitative estimate of drug-likeness (QED) is 0.439. The van der Waals surface area contributed by atoms with Gasteiger partial charge in [0, 0.05) is 31.0 Å². The van der Waals surface area contributed by atoms with Gasteiger partial charge in [-0.2, -0.15) is 0 Å². The van der Waals surface area contributed by atoms with Gasteiger partial charge in [0.1, 0.15) is 0 Å². The number of amides is 1. The molecule has 3 aromatic rings. The maximum atomic E-state index is 12.9. The fourth-order valence-electron chi connectivity index (χ4n) is 4.26. The summed E-state index contributed by atoms with van der Waals surface area (Å²) in [6.45, 7) is 4.24. The Balaban J connectivity index is 1.68. The molecule has 1 saturated heterocycles. The zero-order valence-electron chi connectivity index (χ0n) is 19.6. The predicted octanol–water partition coefficient (Wildman–Crippen LogP) is 3.19. The summed E-state index contributed by atoms with van der Waals surface area (Å²) in [6.07, 6.45) is 5.65. The molecule has 0 radical (unpaired) electrons. The lowest BCUT2D eigenvalue weighted by atomic mass is 10.0. The van der Waals surface area contributed by atoms with Crippen LogP contribution < -0.4 is 0 Å². The Bertz CT molecular complexity index is 1250. The third-order valence-electron chi connectivity index (χ3n) is 6.22. The summed E-state index contributed by atoms with van der Waals surface area (Å²) in [5, 5.41) is 9.55. The predicted molar refractivity (Wildman–Crippen MR) is 134 cm³/mol. The molecule has 0 N–H and O–H groups in total. The number of aryl methyl sites for hydroxylation is 2. The van der Waals surface area contributed by atoms with Crippen LogP contribution in [-0.4, -0.2) is 69.3 Å². The van der Waals surface area contributed by atoms with E-state index in [0.29, 0.717) is 17.4 Å². The lowest BCUT2D eigenvalue weighted by molar-refractivity contribution is -0.128. The van der Waals surface area contributed by atoms with Crippen molar-refractivity contribution in [1.82, 2.24) is 24.6 Å². The van der Waals surface area contributed by atoms with Crippen molar-refractivity contribution in [1.29, 1.82) is 0 Å². The monoisotopic (exact) mass is 499 g/mol. The zero-order chi connectivity index (χ0) is 24.3. The van der Waals surface area contributed by atoms with Crippen molar-refractivity contribution in [2.45, 2.75) is 44.3 Å². The number of thioether (sulfide) groups is 1. The van der Waals surface area contributed by atoms with Crippen LogP contribution in [0.2, 0.25) is 0 Å². The molecule has 10 heteroatoms. The molecule has 1 aliphatic heterocycles. The summed E-state index contributed by atoms with van der Waals surface area (Å²) >= 11 is 1.32. The minimum absolute atomic E-state index is 0.0327. The number of aromatic nitrogens is 4. The number of carbonyl (C=O) groups excluding carboxylic acids is 1. The molecule has 0 bridgehead atoms.